The summed E-state index contributed by atoms with van der Waals surface area (Å²) in [4.78, 5) is 1.19. The van der Waals surface area contributed by atoms with E-state index in [-0.39, 0.29) is 6.04 Å². The second-order valence-corrected chi connectivity index (χ2v) is 7.31. The zero-order valence-corrected chi connectivity index (χ0v) is 14.1. The smallest absolute Gasteiger partial charge is 0.120 e. The van der Waals surface area contributed by atoms with Crippen LogP contribution in [0.2, 0.25) is 0 Å². The Bertz CT molecular complexity index is 706. The summed E-state index contributed by atoms with van der Waals surface area (Å²) >= 11 is 7.12. The molecule has 0 fully saturated rings. The molecule has 5 heteroatoms. The van der Waals surface area contributed by atoms with Crippen LogP contribution in [0.3, 0.4) is 0 Å². The van der Waals surface area contributed by atoms with E-state index in [1.54, 1.807) is 22.7 Å². The number of nitrogens with two attached hydrogens (primary N) is 1. The Balaban J connectivity index is 1.93. The first kappa shape index (κ1) is 14.1. The molecule has 1 unspecified atom stereocenters. The van der Waals surface area contributed by atoms with Crippen molar-refractivity contribution in [3.8, 4) is 5.75 Å². The van der Waals surface area contributed by atoms with Crippen molar-refractivity contribution in [1.29, 1.82) is 0 Å². The van der Waals surface area contributed by atoms with Crippen LogP contribution in [0.25, 0.3) is 9.40 Å². The molecule has 104 valence electrons. The van der Waals surface area contributed by atoms with Gasteiger partial charge in [-0.2, -0.15) is 0 Å². The average molecular weight is 368 g/mol. The van der Waals surface area contributed by atoms with Gasteiger partial charge in [0.15, 0.2) is 0 Å². The van der Waals surface area contributed by atoms with Crippen molar-refractivity contribution in [2.75, 3.05) is 6.61 Å². The third-order valence-electron chi connectivity index (χ3n) is 3.08. The van der Waals surface area contributed by atoms with Gasteiger partial charge in [-0.15, -0.1) is 22.7 Å². The van der Waals surface area contributed by atoms with Crippen LogP contribution in [0.5, 0.6) is 5.75 Å². The first-order valence-electron chi connectivity index (χ1n) is 6.34. The van der Waals surface area contributed by atoms with E-state index < -0.39 is 0 Å². The quantitative estimate of drug-likeness (QED) is 0.689. The minimum atomic E-state index is -0.107. The number of thiophene rings is 2. The lowest BCUT2D eigenvalue weighted by atomic mass is 10.1. The molecule has 3 rings (SSSR count). The van der Waals surface area contributed by atoms with E-state index in [1.807, 2.05) is 25.1 Å². The molecule has 20 heavy (non-hydrogen) atoms. The van der Waals surface area contributed by atoms with Gasteiger partial charge in [-0.3, -0.25) is 0 Å². The van der Waals surface area contributed by atoms with Crippen molar-refractivity contribution < 1.29 is 4.74 Å². The molecule has 2 N–H and O–H groups in total. The van der Waals surface area contributed by atoms with Crippen molar-refractivity contribution in [2.45, 2.75) is 13.0 Å². The van der Waals surface area contributed by atoms with Crippen LogP contribution in [0.1, 0.15) is 23.4 Å². The second-order valence-electron chi connectivity index (χ2n) is 4.39. The first-order chi connectivity index (χ1) is 9.69. The maximum Gasteiger partial charge on any atom is 0.120 e. The fourth-order valence-corrected chi connectivity index (χ4v) is 4.85. The van der Waals surface area contributed by atoms with Gasteiger partial charge in [0.25, 0.3) is 0 Å². The van der Waals surface area contributed by atoms with Crippen LogP contribution in [0.4, 0.5) is 0 Å². The van der Waals surface area contributed by atoms with Gasteiger partial charge >= 0.3 is 0 Å². The molecule has 2 aromatic heterocycles. The fourth-order valence-electron chi connectivity index (χ4n) is 2.11. The summed E-state index contributed by atoms with van der Waals surface area (Å²) in [6.07, 6.45) is 0. The summed E-state index contributed by atoms with van der Waals surface area (Å²) in [5.74, 6) is 0.863. The van der Waals surface area contributed by atoms with Crippen LogP contribution in [0.15, 0.2) is 40.2 Å². The number of halogens is 1. The molecule has 0 aliphatic heterocycles. The third-order valence-corrected chi connectivity index (χ3v) is 5.95. The minimum absolute atomic E-state index is 0.107. The Morgan fingerprint density at radius 1 is 1.25 bits per heavy atom. The highest BCUT2D eigenvalue weighted by atomic mass is 79.9. The standard InChI is InChI=1S/C15H14BrNOS2/c1-2-18-9-3-4-10(11(16)7-9)15(17)14-8-13-12(20-14)5-6-19-13/h3-8,15H,2,17H2,1H3. The Hall–Kier alpha value is -0.880. The van der Waals surface area contributed by atoms with Crippen molar-refractivity contribution >= 4 is 48.0 Å². The minimum Gasteiger partial charge on any atom is -0.494 e. The lowest BCUT2D eigenvalue weighted by Crippen LogP contribution is -2.11. The summed E-state index contributed by atoms with van der Waals surface area (Å²) in [6.45, 7) is 2.64. The summed E-state index contributed by atoms with van der Waals surface area (Å²) in [7, 11) is 0. The molecule has 0 aliphatic carbocycles. The van der Waals surface area contributed by atoms with Gasteiger partial charge in [0, 0.05) is 18.7 Å². The Morgan fingerprint density at radius 2 is 2.10 bits per heavy atom. The number of rotatable bonds is 4. The van der Waals surface area contributed by atoms with Crippen molar-refractivity contribution in [2.24, 2.45) is 5.73 Å². The van der Waals surface area contributed by atoms with E-state index in [1.165, 1.54) is 14.3 Å². The van der Waals surface area contributed by atoms with Crippen LogP contribution >= 0.6 is 38.6 Å². The number of hydrogen-bond donors (Lipinski definition) is 1. The molecule has 3 aromatic rings. The SMILES string of the molecule is CCOc1ccc(C(N)c2cc3sccc3s2)c(Br)c1. The molecular formula is C15H14BrNOS2. The number of hydrogen-bond acceptors (Lipinski definition) is 4. The van der Waals surface area contributed by atoms with E-state index >= 15 is 0 Å². The molecule has 0 bridgehead atoms. The first-order valence-corrected chi connectivity index (χ1v) is 8.82. The lowest BCUT2D eigenvalue weighted by molar-refractivity contribution is 0.340. The van der Waals surface area contributed by atoms with Crippen molar-refractivity contribution in [3.63, 3.8) is 0 Å². The zero-order chi connectivity index (χ0) is 14.1. The van der Waals surface area contributed by atoms with Gasteiger partial charge in [-0.1, -0.05) is 22.0 Å². The number of fused-ring (bicyclic) bond motifs is 1. The van der Waals surface area contributed by atoms with E-state index in [0.717, 1.165) is 15.8 Å². The molecule has 0 spiro atoms. The normalized spacial score (nSPS) is 12.8. The average Bonchev–Trinajstić information content (AvgIpc) is 2.99. The molecule has 1 atom stereocenters. The third kappa shape index (κ3) is 2.63. The monoisotopic (exact) mass is 367 g/mol. The molecule has 0 saturated carbocycles. The van der Waals surface area contributed by atoms with Crippen LogP contribution in [-0.2, 0) is 0 Å². The fraction of sp³-hybridized carbons (Fsp3) is 0.200. The Labute approximate surface area is 134 Å². The molecular weight excluding hydrogens is 354 g/mol. The predicted molar refractivity (Wildman–Crippen MR) is 91.0 cm³/mol. The number of benzene rings is 1. The van der Waals surface area contributed by atoms with Gasteiger partial charge in [0.2, 0.25) is 0 Å². The van der Waals surface area contributed by atoms with E-state index in [4.69, 9.17) is 10.5 Å². The highest BCUT2D eigenvalue weighted by Crippen LogP contribution is 2.37. The van der Waals surface area contributed by atoms with Gasteiger partial charge in [-0.25, -0.2) is 0 Å². The van der Waals surface area contributed by atoms with Crippen LogP contribution < -0.4 is 10.5 Å². The van der Waals surface area contributed by atoms with Crippen molar-refractivity contribution in [3.05, 3.63) is 50.6 Å². The van der Waals surface area contributed by atoms with Gasteiger partial charge in [0.05, 0.1) is 12.6 Å². The summed E-state index contributed by atoms with van der Waals surface area (Å²) < 4.78 is 9.11. The summed E-state index contributed by atoms with van der Waals surface area (Å²) in [5, 5.41) is 2.11. The topological polar surface area (TPSA) is 35.2 Å². The highest BCUT2D eigenvalue weighted by molar-refractivity contribution is 9.10. The molecule has 1 aromatic carbocycles. The van der Waals surface area contributed by atoms with Crippen LogP contribution in [-0.4, -0.2) is 6.61 Å². The Kier molecular flexibility index (Phi) is 4.12. The van der Waals surface area contributed by atoms with Crippen molar-refractivity contribution in [1.82, 2.24) is 0 Å². The molecule has 0 radical (unpaired) electrons. The van der Waals surface area contributed by atoms with E-state index in [9.17, 15) is 0 Å². The largest absolute Gasteiger partial charge is 0.494 e. The molecule has 0 aliphatic rings. The van der Waals surface area contributed by atoms with Crippen LogP contribution in [0, 0.1) is 0 Å². The second kappa shape index (κ2) is 5.85. The highest BCUT2D eigenvalue weighted by Gasteiger charge is 2.16. The lowest BCUT2D eigenvalue weighted by Gasteiger charge is -2.13. The summed E-state index contributed by atoms with van der Waals surface area (Å²) in [5.41, 5.74) is 7.49. The molecule has 2 nitrogen and oxygen atoms in total. The maximum atomic E-state index is 6.41. The van der Waals surface area contributed by atoms with Gasteiger partial charge < -0.3 is 10.5 Å². The Morgan fingerprint density at radius 3 is 2.80 bits per heavy atom. The molecule has 2 heterocycles. The molecule has 0 saturated heterocycles. The zero-order valence-electron chi connectivity index (χ0n) is 10.9. The van der Waals surface area contributed by atoms with E-state index in [2.05, 4.69) is 33.4 Å². The maximum absolute atomic E-state index is 6.41. The molecule has 0 amide bonds. The van der Waals surface area contributed by atoms with Gasteiger partial charge in [-0.05, 0) is 42.1 Å². The summed E-state index contributed by atoms with van der Waals surface area (Å²) in [6, 6.07) is 10.2. The number of ether oxygens (including phenoxy) is 1. The predicted octanol–water partition coefficient (Wildman–Crippen LogP) is 5.17. The van der Waals surface area contributed by atoms with E-state index in [0.29, 0.717) is 6.61 Å². The van der Waals surface area contributed by atoms with Gasteiger partial charge in [0.1, 0.15) is 5.75 Å².